The van der Waals surface area contributed by atoms with Crippen molar-refractivity contribution in [1.82, 2.24) is 0 Å². The maximum absolute atomic E-state index is 11.8. The fourth-order valence-corrected chi connectivity index (χ4v) is 8.49. The van der Waals surface area contributed by atoms with E-state index in [0.29, 0.717) is 12.8 Å². The lowest BCUT2D eigenvalue weighted by atomic mass is 9.80. The number of fused-ring (bicyclic) bond motifs is 3. The van der Waals surface area contributed by atoms with E-state index in [9.17, 15) is 9.59 Å². The molecule has 0 atom stereocenters. The molecular formula is C51H46O4. The minimum Gasteiger partial charge on any atom is -0.462 e. The highest BCUT2D eigenvalue weighted by Gasteiger charge is 2.36. The molecule has 0 bridgehead atoms. The second-order valence-corrected chi connectivity index (χ2v) is 16.3. The molecule has 0 unspecified atom stereocenters. The van der Waals surface area contributed by atoms with Gasteiger partial charge in [-0.2, -0.15) is 0 Å². The van der Waals surface area contributed by atoms with Gasteiger partial charge >= 0.3 is 11.9 Å². The largest absolute Gasteiger partial charge is 0.462 e. The normalized spacial score (nSPS) is 13.2. The van der Waals surface area contributed by atoms with Crippen molar-refractivity contribution < 1.29 is 19.1 Å². The van der Waals surface area contributed by atoms with E-state index in [-0.39, 0.29) is 24.0 Å². The summed E-state index contributed by atoms with van der Waals surface area (Å²) in [6.45, 7) is 19.0. The van der Waals surface area contributed by atoms with Crippen LogP contribution in [0.3, 0.4) is 0 Å². The van der Waals surface area contributed by atoms with Gasteiger partial charge in [-0.1, -0.05) is 139 Å². The maximum atomic E-state index is 11.8. The fourth-order valence-electron chi connectivity index (χ4n) is 8.49. The van der Waals surface area contributed by atoms with Gasteiger partial charge in [-0.15, -0.1) is 0 Å². The quantitative estimate of drug-likeness (QED) is 0.0801. The van der Waals surface area contributed by atoms with Crippen molar-refractivity contribution in [1.29, 1.82) is 0 Å². The topological polar surface area (TPSA) is 52.6 Å². The molecule has 7 aromatic rings. The van der Waals surface area contributed by atoms with Crippen molar-refractivity contribution >= 4 is 44.3 Å². The molecule has 1 aliphatic carbocycles. The summed E-state index contributed by atoms with van der Waals surface area (Å²) in [6.07, 6.45) is 3.50. The van der Waals surface area contributed by atoms with Gasteiger partial charge in [-0.25, -0.2) is 9.59 Å². The molecule has 1 aliphatic rings. The Labute approximate surface area is 323 Å². The summed E-state index contributed by atoms with van der Waals surface area (Å²) in [5.41, 5.74) is 13.0. The molecule has 0 heterocycles. The molecule has 0 fully saturated rings. The van der Waals surface area contributed by atoms with Crippen LogP contribution in [0.4, 0.5) is 0 Å². The molecule has 0 radical (unpaired) electrons. The minimum atomic E-state index is -0.435. The Kier molecular flexibility index (Phi) is 8.96. The molecule has 0 N–H and O–H groups in total. The van der Waals surface area contributed by atoms with E-state index < -0.39 is 11.9 Å². The summed E-state index contributed by atoms with van der Waals surface area (Å²) >= 11 is 0. The van der Waals surface area contributed by atoms with Gasteiger partial charge in [-0.05, 0) is 111 Å². The third-order valence-corrected chi connectivity index (χ3v) is 11.5. The Morgan fingerprint density at radius 2 is 1.15 bits per heavy atom. The molecule has 4 nitrogen and oxygen atoms in total. The highest BCUT2D eigenvalue weighted by Crippen LogP contribution is 2.51. The van der Waals surface area contributed by atoms with E-state index in [2.05, 4.69) is 145 Å². The Hall–Kier alpha value is -6.00. The van der Waals surface area contributed by atoms with Crippen LogP contribution in [0.5, 0.6) is 0 Å². The van der Waals surface area contributed by atoms with Crippen molar-refractivity contribution in [2.24, 2.45) is 0 Å². The molecule has 274 valence electrons. The van der Waals surface area contributed by atoms with E-state index >= 15 is 0 Å². The number of carbonyl (C=O) groups is 2. The predicted octanol–water partition coefficient (Wildman–Crippen LogP) is 12.1. The SMILES string of the molecule is C=CC(=O)OCCc1ccc(CCOC(=O)C=C)c(-c2ccc3c(c2)C(C)(C)c2cc(-c4ccc5ccc6cc(C(C)(C)C)cc7ccc4c5c67)ccc2-3)c1. The summed E-state index contributed by atoms with van der Waals surface area (Å²) in [4.78, 5) is 23.5. The van der Waals surface area contributed by atoms with Gasteiger partial charge in [0.15, 0.2) is 0 Å². The number of hydrogen-bond acceptors (Lipinski definition) is 4. The van der Waals surface area contributed by atoms with Crippen LogP contribution in [0.2, 0.25) is 0 Å². The summed E-state index contributed by atoms with van der Waals surface area (Å²) in [6, 6.07) is 38.5. The zero-order valence-corrected chi connectivity index (χ0v) is 32.3. The Morgan fingerprint density at radius 3 is 1.76 bits per heavy atom. The standard InChI is InChI=1S/C51H46O4/c1-8-46(52)54-24-22-31-10-11-32(23-25-55-47(53)9-2)43(26-31)35-16-20-41-40-19-15-34(29-44(40)51(6,7)45(41)30-35)39-18-14-33-12-13-36-27-38(50(3,4)5)28-37-17-21-42(39)49(33)48(36)37/h8-21,26-30H,1-2,22-25H2,3-7H3. The average molecular weight is 723 g/mol. The molecule has 0 saturated carbocycles. The first-order valence-corrected chi connectivity index (χ1v) is 19.1. The Balaban J connectivity index is 1.17. The number of hydrogen-bond donors (Lipinski definition) is 0. The average Bonchev–Trinajstić information content (AvgIpc) is 3.41. The molecule has 0 aliphatic heterocycles. The van der Waals surface area contributed by atoms with Crippen molar-refractivity contribution in [3.8, 4) is 33.4 Å². The number of rotatable bonds is 10. The lowest BCUT2D eigenvalue weighted by Crippen LogP contribution is -2.15. The summed E-state index contributed by atoms with van der Waals surface area (Å²) < 4.78 is 10.7. The highest BCUT2D eigenvalue weighted by molar-refractivity contribution is 6.25. The van der Waals surface area contributed by atoms with Gasteiger partial charge in [0, 0.05) is 30.4 Å². The molecule has 7 aromatic carbocycles. The van der Waals surface area contributed by atoms with Gasteiger partial charge in [0.05, 0.1) is 13.2 Å². The van der Waals surface area contributed by atoms with Gasteiger partial charge in [0.1, 0.15) is 0 Å². The van der Waals surface area contributed by atoms with Crippen molar-refractivity contribution in [2.45, 2.75) is 58.3 Å². The first-order chi connectivity index (χ1) is 26.4. The third kappa shape index (κ3) is 6.40. The first-order valence-electron chi connectivity index (χ1n) is 19.1. The van der Waals surface area contributed by atoms with Gasteiger partial charge in [0.2, 0.25) is 0 Å². The Bertz CT molecular complexity index is 2670. The van der Waals surface area contributed by atoms with Crippen LogP contribution >= 0.6 is 0 Å². The van der Waals surface area contributed by atoms with Crippen LogP contribution in [0, 0.1) is 0 Å². The first kappa shape index (κ1) is 36.0. The molecule has 0 spiro atoms. The predicted molar refractivity (Wildman–Crippen MR) is 227 cm³/mol. The second kappa shape index (κ2) is 13.7. The molecule has 0 aromatic heterocycles. The smallest absolute Gasteiger partial charge is 0.330 e. The molecule has 8 rings (SSSR count). The van der Waals surface area contributed by atoms with Crippen LogP contribution in [0.25, 0.3) is 65.7 Å². The molecule has 0 amide bonds. The number of benzene rings is 7. The number of esters is 2. The third-order valence-electron chi connectivity index (χ3n) is 11.5. The number of ether oxygens (including phenoxy) is 2. The van der Waals surface area contributed by atoms with E-state index in [4.69, 9.17) is 9.47 Å². The van der Waals surface area contributed by atoms with Crippen molar-refractivity contribution in [3.05, 3.63) is 156 Å². The van der Waals surface area contributed by atoms with Crippen LogP contribution in [0.15, 0.2) is 128 Å². The molecule has 4 heteroatoms. The molecular weight excluding hydrogens is 677 g/mol. The lowest BCUT2D eigenvalue weighted by molar-refractivity contribution is -0.138. The Morgan fingerprint density at radius 1 is 0.600 bits per heavy atom. The fraction of sp³-hybridized carbons (Fsp3) is 0.216. The zero-order chi connectivity index (χ0) is 38.6. The van der Waals surface area contributed by atoms with Crippen molar-refractivity contribution in [2.75, 3.05) is 13.2 Å². The zero-order valence-electron chi connectivity index (χ0n) is 32.3. The lowest BCUT2D eigenvalue weighted by Gasteiger charge is -2.23. The van der Waals surface area contributed by atoms with E-state index in [1.54, 1.807) is 0 Å². The molecule has 55 heavy (non-hydrogen) atoms. The van der Waals surface area contributed by atoms with Gasteiger partial charge < -0.3 is 9.47 Å². The van der Waals surface area contributed by atoms with E-state index in [1.165, 1.54) is 83.4 Å². The van der Waals surface area contributed by atoms with Crippen LogP contribution in [-0.4, -0.2) is 25.2 Å². The van der Waals surface area contributed by atoms with Crippen LogP contribution in [-0.2, 0) is 42.7 Å². The van der Waals surface area contributed by atoms with E-state index in [1.807, 2.05) is 6.07 Å². The minimum absolute atomic E-state index is 0.0721. The molecule has 0 saturated heterocycles. The number of carbonyl (C=O) groups excluding carboxylic acids is 2. The van der Waals surface area contributed by atoms with E-state index in [0.717, 1.165) is 22.3 Å². The highest BCUT2D eigenvalue weighted by atomic mass is 16.5. The summed E-state index contributed by atoms with van der Waals surface area (Å²) in [5.74, 6) is -0.867. The van der Waals surface area contributed by atoms with Gasteiger partial charge in [-0.3, -0.25) is 0 Å². The maximum Gasteiger partial charge on any atom is 0.330 e. The van der Waals surface area contributed by atoms with Crippen LogP contribution < -0.4 is 0 Å². The van der Waals surface area contributed by atoms with Crippen molar-refractivity contribution in [3.63, 3.8) is 0 Å². The van der Waals surface area contributed by atoms with Gasteiger partial charge in [0.25, 0.3) is 0 Å². The van der Waals surface area contributed by atoms with Crippen LogP contribution in [0.1, 0.15) is 62.4 Å². The summed E-state index contributed by atoms with van der Waals surface area (Å²) in [5, 5.41) is 7.80. The second-order valence-electron chi connectivity index (χ2n) is 16.3. The monoisotopic (exact) mass is 722 g/mol. The summed E-state index contributed by atoms with van der Waals surface area (Å²) in [7, 11) is 0.